The van der Waals surface area contributed by atoms with E-state index in [1.165, 1.54) is 6.42 Å². The zero-order chi connectivity index (χ0) is 11.8. The molecule has 2 heterocycles. The third-order valence-corrected chi connectivity index (χ3v) is 8.38. The van der Waals surface area contributed by atoms with E-state index in [0.717, 1.165) is 59.7 Å². The average Bonchev–Trinajstić information content (AvgIpc) is 3.06. The van der Waals surface area contributed by atoms with Crippen LogP contribution in [0.5, 0.6) is 0 Å². The molecule has 6 aliphatic rings. The molecule has 2 nitrogen and oxygen atoms in total. The maximum absolute atomic E-state index is 2.88. The Bertz CT molecular complexity index is 397. The molecular weight excluding hydrogens is 220 g/mol. The normalized spacial score (nSPS) is 71.7. The molecule has 0 spiro atoms. The van der Waals surface area contributed by atoms with Crippen LogP contribution in [0.25, 0.3) is 0 Å². The second kappa shape index (κ2) is 2.69. The summed E-state index contributed by atoms with van der Waals surface area (Å²) in [6.07, 6.45) is 6.20. The van der Waals surface area contributed by atoms with Gasteiger partial charge in [-0.05, 0) is 68.9 Å². The van der Waals surface area contributed by atoms with Gasteiger partial charge in [-0.1, -0.05) is 6.42 Å². The van der Waals surface area contributed by atoms with Gasteiger partial charge >= 0.3 is 0 Å². The van der Waals surface area contributed by atoms with Gasteiger partial charge in [0.1, 0.15) is 0 Å². The lowest BCUT2D eigenvalue weighted by Crippen LogP contribution is -2.57. The molecule has 98 valence electrons. The Balaban J connectivity index is 1.62. The standard InChI is InChI=1S/C16H24N2/c1-17-13-7-4-3-5-8(7)14-12-10-6-9(11(12)13)15(17)16(10)18(14)2/h7-16H,3-6H2,1-2H3. The SMILES string of the molecule is CN1C2C3CCCC3C3C4C5CC(C42)C1C5N3C. The Labute approximate surface area is 110 Å². The summed E-state index contributed by atoms with van der Waals surface area (Å²) in [5, 5.41) is 0. The molecule has 0 aromatic heterocycles. The van der Waals surface area contributed by atoms with E-state index in [-0.39, 0.29) is 0 Å². The van der Waals surface area contributed by atoms with E-state index in [2.05, 4.69) is 23.9 Å². The topological polar surface area (TPSA) is 6.48 Å². The fourth-order valence-corrected chi connectivity index (χ4v) is 8.47. The van der Waals surface area contributed by atoms with Crippen LogP contribution < -0.4 is 0 Å². The number of rotatable bonds is 0. The zero-order valence-corrected chi connectivity index (χ0v) is 11.5. The Morgan fingerprint density at radius 2 is 1.17 bits per heavy atom. The minimum absolute atomic E-state index is 0.942. The predicted molar refractivity (Wildman–Crippen MR) is 70.1 cm³/mol. The second-order valence-electron chi connectivity index (χ2n) is 8.27. The summed E-state index contributed by atoms with van der Waals surface area (Å²) in [7, 11) is 4.96. The van der Waals surface area contributed by atoms with Crippen molar-refractivity contribution in [3.63, 3.8) is 0 Å². The molecule has 0 aromatic rings. The first-order chi connectivity index (χ1) is 8.79. The molecular formula is C16H24N2. The number of nitrogens with zero attached hydrogens (tertiary/aromatic N) is 2. The van der Waals surface area contributed by atoms with Crippen molar-refractivity contribution in [2.45, 2.75) is 49.9 Å². The van der Waals surface area contributed by atoms with Crippen molar-refractivity contribution in [3.8, 4) is 0 Å². The van der Waals surface area contributed by atoms with E-state index in [9.17, 15) is 0 Å². The molecule has 4 aliphatic carbocycles. The fraction of sp³-hybridized carbons (Fsp3) is 1.00. The van der Waals surface area contributed by atoms with Gasteiger partial charge in [0.2, 0.25) is 0 Å². The molecule has 0 radical (unpaired) electrons. The summed E-state index contributed by atoms with van der Waals surface area (Å²) in [4.78, 5) is 5.77. The third-order valence-electron chi connectivity index (χ3n) is 8.38. The van der Waals surface area contributed by atoms with Crippen molar-refractivity contribution >= 4 is 0 Å². The molecule has 2 aliphatic heterocycles. The van der Waals surface area contributed by atoms with E-state index in [0.29, 0.717) is 0 Å². The van der Waals surface area contributed by atoms with E-state index in [1.807, 2.05) is 0 Å². The van der Waals surface area contributed by atoms with Crippen LogP contribution in [0.3, 0.4) is 0 Å². The van der Waals surface area contributed by atoms with Gasteiger partial charge in [-0.3, -0.25) is 9.80 Å². The number of likely N-dealkylation sites (N-methyl/N-ethyl adjacent to an activating group) is 2. The molecule has 0 amide bonds. The highest BCUT2D eigenvalue weighted by molar-refractivity contribution is 5.29. The van der Waals surface area contributed by atoms with E-state index in [1.54, 1.807) is 19.3 Å². The first-order valence-electron chi connectivity index (χ1n) is 8.23. The highest BCUT2D eigenvalue weighted by Gasteiger charge is 2.77. The van der Waals surface area contributed by atoms with Crippen molar-refractivity contribution in [1.82, 2.24) is 9.80 Å². The summed E-state index contributed by atoms with van der Waals surface area (Å²) in [6, 6.07) is 3.88. The monoisotopic (exact) mass is 244 g/mol. The van der Waals surface area contributed by atoms with Crippen molar-refractivity contribution < 1.29 is 0 Å². The molecule has 18 heavy (non-hydrogen) atoms. The van der Waals surface area contributed by atoms with Gasteiger partial charge in [-0.25, -0.2) is 0 Å². The maximum Gasteiger partial charge on any atom is 0.0286 e. The van der Waals surface area contributed by atoms with Crippen LogP contribution in [-0.4, -0.2) is 48.1 Å². The van der Waals surface area contributed by atoms with Crippen LogP contribution in [0, 0.1) is 35.5 Å². The van der Waals surface area contributed by atoms with Gasteiger partial charge in [0.15, 0.2) is 0 Å². The summed E-state index contributed by atoms with van der Waals surface area (Å²) in [5.41, 5.74) is 0. The predicted octanol–water partition coefficient (Wildman–Crippen LogP) is 1.66. The first-order valence-corrected chi connectivity index (χ1v) is 8.23. The number of fused-ring (bicyclic) bond motifs is 4. The quantitative estimate of drug-likeness (QED) is 0.639. The number of hydrogen-bond donors (Lipinski definition) is 0. The third kappa shape index (κ3) is 0.725. The molecule has 6 fully saturated rings. The summed E-state index contributed by atoms with van der Waals surface area (Å²) in [5.74, 6) is 6.53. The van der Waals surface area contributed by atoms with Crippen LogP contribution in [-0.2, 0) is 0 Å². The molecule has 4 saturated carbocycles. The highest BCUT2D eigenvalue weighted by atomic mass is 15.4. The minimum Gasteiger partial charge on any atom is -0.298 e. The molecule has 6 rings (SSSR count). The van der Waals surface area contributed by atoms with Crippen LogP contribution in [0.1, 0.15) is 25.7 Å². The van der Waals surface area contributed by atoms with Gasteiger partial charge < -0.3 is 0 Å². The second-order valence-corrected chi connectivity index (χ2v) is 8.27. The summed E-state index contributed by atoms with van der Waals surface area (Å²) >= 11 is 0. The van der Waals surface area contributed by atoms with Crippen LogP contribution in [0.4, 0.5) is 0 Å². The molecule has 2 heteroatoms. The number of hydrogen-bond acceptors (Lipinski definition) is 2. The van der Waals surface area contributed by atoms with E-state index >= 15 is 0 Å². The van der Waals surface area contributed by atoms with Gasteiger partial charge in [-0.2, -0.15) is 0 Å². The van der Waals surface area contributed by atoms with Crippen molar-refractivity contribution in [3.05, 3.63) is 0 Å². The number of likely N-dealkylation sites (tertiary alicyclic amines) is 2. The average molecular weight is 244 g/mol. The van der Waals surface area contributed by atoms with E-state index in [4.69, 9.17) is 0 Å². The molecule has 0 N–H and O–H groups in total. The van der Waals surface area contributed by atoms with Gasteiger partial charge in [-0.15, -0.1) is 0 Å². The Morgan fingerprint density at radius 1 is 0.667 bits per heavy atom. The summed E-state index contributed by atoms with van der Waals surface area (Å²) < 4.78 is 0. The van der Waals surface area contributed by atoms with Crippen molar-refractivity contribution in [1.29, 1.82) is 0 Å². The maximum atomic E-state index is 2.88. The fourth-order valence-electron chi connectivity index (χ4n) is 8.47. The van der Waals surface area contributed by atoms with Crippen molar-refractivity contribution in [2.75, 3.05) is 14.1 Å². The Morgan fingerprint density at radius 3 is 1.67 bits per heavy atom. The summed E-state index contributed by atoms with van der Waals surface area (Å²) in [6.45, 7) is 0. The molecule has 2 bridgehead atoms. The molecule has 10 atom stereocenters. The lowest BCUT2D eigenvalue weighted by Gasteiger charge is -2.49. The molecule has 2 saturated heterocycles. The Kier molecular flexibility index (Phi) is 1.46. The Hall–Kier alpha value is -0.0800. The lowest BCUT2D eigenvalue weighted by atomic mass is 9.63. The van der Waals surface area contributed by atoms with Gasteiger partial charge in [0, 0.05) is 24.2 Å². The largest absolute Gasteiger partial charge is 0.298 e. The zero-order valence-electron chi connectivity index (χ0n) is 11.5. The lowest BCUT2D eigenvalue weighted by molar-refractivity contribution is -0.0109. The highest BCUT2D eigenvalue weighted by Crippen LogP contribution is 2.72. The molecule has 0 aromatic carbocycles. The van der Waals surface area contributed by atoms with Crippen LogP contribution in [0.2, 0.25) is 0 Å². The smallest absolute Gasteiger partial charge is 0.0286 e. The van der Waals surface area contributed by atoms with Crippen LogP contribution in [0.15, 0.2) is 0 Å². The van der Waals surface area contributed by atoms with Crippen molar-refractivity contribution in [2.24, 2.45) is 35.5 Å². The minimum atomic E-state index is 0.942. The van der Waals surface area contributed by atoms with Gasteiger partial charge in [0.05, 0.1) is 0 Å². The first kappa shape index (κ1) is 9.77. The van der Waals surface area contributed by atoms with Gasteiger partial charge in [0.25, 0.3) is 0 Å². The van der Waals surface area contributed by atoms with Crippen LogP contribution >= 0.6 is 0 Å². The van der Waals surface area contributed by atoms with E-state index < -0.39 is 0 Å². The molecule has 10 unspecified atom stereocenters.